The number of aliphatic hydroxyl groups is 1. The molecule has 1 N–H and O–H groups in total. The topological polar surface area (TPSA) is 72.8 Å². The van der Waals surface area contributed by atoms with Gasteiger partial charge in [-0.3, -0.25) is 9.59 Å². The molecule has 5 heteroatoms. The molecule has 5 nitrogen and oxygen atoms in total. The fourth-order valence-electron chi connectivity index (χ4n) is 5.80. The minimum absolute atomic E-state index is 0.0589. The Labute approximate surface area is 268 Å². The first kappa shape index (κ1) is 41.9. The Balaban J connectivity index is 3.57. The van der Waals surface area contributed by atoms with Crippen LogP contribution >= 0.6 is 0 Å². The summed E-state index contributed by atoms with van der Waals surface area (Å²) < 4.78 is 10.6. The zero-order valence-electron chi connectivity index (χ0n) is 29.2. The van der Waals surface area contributed by atoms with Gasteiger partial charge in [-0.05, 0) is 18.8 Å². The summed E-state index contributed by atoms with van der Waals surface area (Å²) in [6.45, 7) is 6.55. The van der Waals surface area contributed by atoms with Crippen LogP contribution in [0.5, 0.6) is 0 Å². The molecule has 2 atom stereocenters. The molecule has 0 rings (SSSR count). The van der Waals surface area contributed by atoms with Crippen LogP contribution in [0.1, 0.15) is 207 Å². The number of carbonyl (C=O) groups excluding carboxylic acids is 2. The zero-order valence-corrected chi connectivity index (χ0v) is 29.2. The molecule has 0 aromatic carbocycles. The molecule has 0 fully saturated rings. The van der Waals surface area contributed by atoms with Gasteiger partial charge in [0, 0.05) is 12.8 Å². The summed E-state index contributed by atoms with van der Waals surface area (Å²) in [5.41, 5.74) is 0. The van der Waals surface area contributed by atoms with Crippen LogP contribution in [0.3, 0.4) is 0 Å². The summed E-state index contributed by atoms with van der Waals surface area (Å²) in [6, 6.07) is 0. The molecule has 0 aliphatic carbocycles. The van der Waals surface area contributed by atoms with Crippen LogP contribution in [0.15, 0.2) is 0 Å². The maximum absolute atomic E-state index is 12.1. The van der Waals surface area contributed by atoms with E-state index in [4.69, 9.17) is 9.47 Å². The van der Waals surface area contributed by atoms with E-state index in [1.54, 1.807) is 0 Å². The van der Waals surface area contributed by atoms with Crippen molar-refractivity contribution in [2.45, 2.75) is 213 Å². The number of unbranched alkanes of at least 4 members (excludes halogenated alkanes) is 22. The van der Waals surface area contributed by atoms with Gasteiger partial charge in [0.2, 0.25) is 0 Å². The molecule has 0 aromatic heterocycles. The lowest BCUT2D eigenvalue weighted by Gasteiger charge is -2.15. The van der Waals surface area contributed by atoms with Crippen LogP contribution in [0.25, 0.3) is 0 Å². The first-order chi connectivity index (χ1) is 21.0. The fraction of sp³-hybridized carbons (Fsp3) is 0.947. The summed E-state index contributed by atoms with van der Waals surface area (Å²) in [7, 11) is 0. The Hall–Kier alpha value is -1.10. The van der Waals surface area contributed by atoms with Gasteiger partial charge in [0.05, 0.1) is 6.61 Å². The highest BCUT2D eigenvalue weighted by Gasteiger charge is 2.16. The third-order valence-corrected chi connectivity index (χ3v) is 8.79. The van der Waals surface area contributed by atoms with Gasteiger partial charge < -0.3 is 14.6 Å². The van der Waals surface area contributed by atoms with E-state index >= 15 is 0 Å². The van der Waals surface area contributed by atoms with Crippen molar-refractivity contribution in [3.8, 4) is 0 Å². The van der Waals surface area contributed by atoms with Gasteiger partial charge in [0.15, 0.2) is 6.10 Å². The quantitative estimate of drug-likeness (QED) is 0.0579. The summed E-state index contributed by atoms with van der Waals surface area (Å²) in [5, 5.41) is 9.54. The van der Waals surface area contributed by atoms with Gasteiger partial charge in [-0.25, -0.2) is 0 Å². The lowest BCUT2D eigenvalue weighted by Crippen LogP contribution is -2.28. The lowest BCUT2D eigenvalue weighted by atomic mass is 9.96. The Morgan fingerprint density at radius 3 is 1.26 bits per heavy atom. The third kappa shape index (κ3) is 32.1. The van der Waals surface area contributed by atoms with Crippen molar-refractivity contribution in [3.63, 3.8) is 0 Å². The number of ether oxygens (including phenoxy) is 2. The van der Waals surface area contributed by atoms with E-state index < -0.39 is 6.10 Å². The molecule has 0 unspecified atom stereocenters. The molecular weight excluding hydrogens is 536 g/mol. The molecule has 0 bridgehead atoms. The fourth-order valence-corrected chi connectivity index (χ4v) is 5.80. The van der Waals surface area contributed by atoms with Crippen molar-refractivity contribution in [2.24, 2.45) is 5.92 Å². The largest absolute Gasteiger partial charge is 0.462 e. The molecule has 0 heterocycles. The average molecular weight is 611 g/mol. The minimum Gasteiger partial charge on any atom is -0.462 e. The van der Waals surface area contributed by atoms with Gasteiger partial charge >= 0.3 is 11.9 Å². The van der Waals surface area contributed by atoms with E-state index in [0.717, 1.165) is 44.4 Å². The predicted octanol–water partition coefficient (Wildman–Crippen LogP) is 11.4. The van der Waals surface area contributed by atoms with Crippen LogP contribution in [0, 0.1) is 5.92 Å². The molecule has 0 spiro atoms. The normalized spacial score (nSPS) is 12.7. The van der Waals surface area contributed by atoms with Gasteiger partial charge in [-0.1, -0.05) is 181 Å². The average Bonchev–Trinajstić information content (AvgIpc) is 3.00. The number of aliphatic hydroxyl groups excluding tert-OH is 1. The molecule has 0 saturated heterocycles. The second-order valence-electron chi connectivity index (χ2n) is 13.3. The van der Waals surface area contributed by atoms with Crippen molar-refractivity contribution in [2.75, 3.05) is 13.2 Å². The number of hydrogen-bond acceptors (Lipinski definition) is 5. The number of rotatable bonds is 34. The smallest absolute Gasteiger partial charge is 0.306 e. The van der Waals surface area contributed by atoms with Crippen LogP contribution in [0.2, 0.25) is 0 Å². The molecule has 0 radical (unpaired) electrons. The molecular formula is C38H74O5. The number of hydrogen-bond donors (Lipinski definition) is 1. The summed E-state index contributed by atoms with van der Waals surface area (Å²) >= 11 is 0. The van der Waals surface area contributed by atoms with Crippen molar-refractivity contribution in [1.82, 2.24) is 0 Å². The second kappa shape index (κ2) is 33.8. The molecule has 0 aromatic rings. The van der Waals surface area contributed by atoms with Gasteiger partial charge in [-0.2, -0.15) is 0 Å². The number of esters is 2. The lowest BCUT2D eigenvalue weighted by molar-refractivity contribution is -0.161. The van der Waals surface area contributed by atoms with Crippen LogP contribution < -0.4 is 0 Å². The van der Waals surface area contributed by atoms with Crippen molar-refractivity contribution >= 4 is 11.9 Å². The predicted molar refractivity (Wildman–Crippen MR) is 182 cm³/mol. The third-order valence-electron chi connectivity index (χ3n) is 8.79. The highest BCUT2D eigenvalue weighted by Crippen LogP contribution is 2.19. The molecule has 0 amide bonds. The first-order valence-electron chi connectivity index (χ1n) is 19.0. The van der Waals surface area contributed by atoms with E-state index in [9.17, 15) is 14.7 Å². The highest BCUT2D eigenvalue weighted by molar-refractivity contribution is 5.70. The van der Waals surface area contributed by atoms with E-state index in [0.29, 0.717) is 12.8 Å². The van der Waals surface area contributed by atoms with E-state index in [1.165, 1.54) is 135 Å². The highest BCUT2D eigenvalue weighted by atomic mass is 16.6. The maximum atomic E-state index is 12.1. The van der Waals surface area contributed by atoms with Gasteiger partial charge in [-0.15, -0.1) is 0 Å². The second-order valence-corrected chi connectivity index (χ2v) is 13.3. The van der Waals surface area contributed by atoms with E-state index in [-0.39, 0.29) is 25.2 Å². The summed E-state index contributed by atoms with van der Waals surface area (Å²) in [6.07, 6.45) is 34.3. The van der Waals surface area contributed by atoms with E-state index in [2.05, 4.69) is 20.8 Å². The first-order valence-corrected chi connectivity index (χ1v) is 19.0. The molecule has 43 heavy (non-hydrogen) atoms. The van der Waals surface area contributed by atoms with Crippen LogP contribution in [-0.2, 0) is 19.1 Å². The number of carbonyl (C=O) groups is 2. The molecule has 0 saturated carbocycles. The monoisotopic (exact) mass is 611 g/mol. The molecule has 0 aliphatic rings. The van der Waals surface area contributed by atoms with Crippen LogP contribution in [0.4, 0.5) is 0 Å². The molecule has 0 aliphatic heterocycles. The van der Waals surface area contributed by atoms with Gasteiger partial charge in [0.1, 0.15) is 6.61 Å². The maximum Gasteiger partial charge on any atom is 0.306 e. The SMILES string of the molecule is CCCCCCCCCCCCCCCC(=O)O[C@@H](CO)COC(=O)CCCCCCCC[C@H](C)CCCCCCCC. The van der Waals surface area contributed by atoms with E-state index in [1.807, 2.05) is 0 Å². The standard InChI is InChI=1S/C38H74O5/c1-4-6-8-10-12-13-14-15-16-17-18-24-28-32-38(41)43-36(33-39)34-42-37(40)31-27-23-20-19-22-26-30-35(3)29-25-21-11-9-7-5-2/h35-36,39H,4-34H2,1-3H3/t35-,36+/m1/s1. The zero-order chi connectivity index (χ0) is 31.6. The Bertz CT molecular complexity index is 593. The van der Waals surface area contributed by atoms with Crippen molar-refractivity contribution in [3.05, 3.63) is 0 Å². The van der Waals surface area contributed by atoms with Crippen molar-refractivity contribution < 1.29 is 24.2 Å². The Kier molecular flexibility index (Phi) is 32.9. The Morgan fingerprint density at radius 1 is 0.512 bits per heavy atom. The minimum atomic E-state index is -0.762. The van der Waals surface area contributed by atoms with Gasteiger partial charge in [0.25, 0.3) is 0 Å². The van der Waals surface area contributed by atoms with Crippen LogP contribution in [-0.4, -0.2) is 36.4 Å². The Morgan fingerprint density at radius 2 is 0.860 bits per heavy atom. The van der Waals surface area contributed by atoms with Crippen molar-refractivity contribution in [1.29, 1.82) is 0 Å². The molecule has 256 valence electrons. The summed E-state index contributed by atoms with van der Waals surface area (Å²) in [5.74, 6) is 0.270. The summed E-state index contributed by atoms with van der Waals surface area (Å²) in [4.78, 5) is 24.2.